The Morgan fingerprint density at radius 1 is 1.55 bits per heavy atom. The summed E-state index contributed by atoms with van der Waals surface area (Å²) in [4.78, 5) is 29.2. The van der Waals surface area contributed by atoms with Crippen LogP contribution < -0.4 is 5.32 Å². The van der Waals surface area contributed by atoms with Crippen LogP contribution in [0.2, 0.25) is 0 Å². The highest BCUT2D eigenvalue weighted by Crippen LogP contribution is 2.18. The first-order valence-electron chi connectivity index (χ1n) is 6.77. The number of imidazole rings is 1. The number of amides is 2. The fourth-order valence-electron chi connectivity index (χ4n) is 1.72. The molecule has 0 aliphatic heterocycles. The minimum atomic E-state index is -0.0802. The molecule has 0 aromatic carbocycles. The maximum absolute atomic E-state index is 12.0. The van der Waals surface area contributed by atoms with Gasteiger partial charge in [-0.05, 0) is 19.8 Å². The van der Waals surface area contributed by atoms with Crippen LogP contribution in [-0.4, -0.2) is 51.7 Å². The van der Waals surface area contributed by atoms with Crippen molar-refractivity contribution in [3.63, 3.8) is 0 Å². The molecule has 0 atom stereocenters. The van der Waals surface area contributed by atoms with Crippen molar-refractivity contribution in [1.82, 2.24) is 19.8 Å². The zero-order valence-corrected chi connectivity index (χ0v) is 12.7. The number of carbonyl (C=O) groups excluding carboxylic acids is 2. The van der Waals surface area contributed by atoms with Crippen LogP contribution in [0.4, 0.5) is 0 Å². The first kappa shape index (κ1) is 14.9. The first-order chi connectivity index (χ1) is 9.60. The second kappa shape index (κ2) is 6.78. The SMILES string of the molecule is CCn1ccnc1SCC(=O)N(C)CC(=O)NC1CC1. The van der Waals surface area contributed by atoms with Crippen molar-refractivity contribution in [3.8, 4) is 0 Å². The Kier molecular flexibility index (Phi) is 5.05. The third-order valence-corrected chi connectivity index (χ3v) is 4.08. The van der Waals surface area contributed by atoms with Crippen molar-refractivity contribution in [2.75, 3.05) is 19.3 Å². The normalized spacial score (nSPS) is 14.1. The number of carbonyl (C=O) groups is 2. The summed E-state index contributed by atoms with van der Waals surface area (Å²) in [6.45, 7) is 2.98. The van der Waals surface area contributed by atoms with E-state index in [1.54, 1.807) is 13.2 Å². The zero-order chi connectivity index (χ0) is 14.5. The molecule has 7 heteroatoms. The predicted octanol–water partition coefficient (Wildman–Crippen LogP) is 0.732. The molecule has 0 saturated heterocycles. The van der Waals surface area contributed by atoms with E-state index in [1.807, 2.05) is 17.7 Å². The smallest absolute Gasteiger partial charge is 0.239 e. The Balaban J connectivity index is 1.74. The Labute approximate surface area is 122 Å². The van der Waals surface area contributed by atoms with E-state index in [2.05, 4.69) is 10.3 Å². The molecule has 1 aliphatic carbocycles. The van der Waals surface area contributed by atoms with E-state index in [1.165, 1.54) is 16.7 Å². The molecule has 6 nitrogen and oxygen atoms in total. The van der Waals surface area contributed by atoms with Crippen LogP contribution in [0.1, 0.15) is 19.8 Å². The summed E-state index contributed by atoms with van der Waals surface area (Å²) in [6.07, 6.45) is 5.72. The van der Waals surface area contributed by atoms with Crippen molar-refractivity contribution >= 4 is 23.6 Å². The van der Waals surface area contributed by atoms with Crippen LogP contribution in [0.15, 0.2) is 17.6 Å². The van der Waals surface area contributed by atoms with E-state index in [4.69, 9.17) is 0 Å². The van der Waals surface area contributed by atoms with Crippen LogP contribution >= 0.6 is 11.8 Å². The predicted molar refractivity (Wildman–Crippen MR) is 77.4 cm³/mol. The number of hydrogen-bond donors (Lipinski definition) is 1. The summed E-state index contributed by atoms with van der Waals surface area (Å²) in [7, 11) is 1.65. The molecule has 0 unspecified atom stereocenters. The van der Waals surface area contributed by atoms with Gasteiger partial charge in [0.15, 0.2) is 5.16 Å². The molecule has 1 aliphatic rings. The van der Waals surface area contributed by atoms with Crippen LogP contribution in [0, 0.1) is 0 Å². The summed E-state index contributed by atoms with van der Waals surface area (Å²) in [6, 6.07) is 0.331. The van der Waals surface area contributed by atoms with Gasteiger partial charge in [0, 0.05) is 32.0 Å². The molecular weight excluding hydrogens is 276 g/mol. The highest BCUT2D eigenvalue weighted by atomic mass is 32.2. The van der Waals surface area contributed by atoms with Crippen molar-refractivity contribution in [3.05, 3.63) is 12.4 Å². The van der Waals surface area contributed by atoms with Gasteiger partial charge in [-0.25, -0.2) is 4.98 Å². The lowest BCUT2D eigenvalue weighted by Crippen LogP contribution is -2.39. The Morgan fingerprint density at radius 2 is 2.30 bits per heavy atom. The van der Waals surface area contributed by atoms with Gasteiger partial charge < -0.3 is 14.8 Å². The van der Waals surface area contributed by atoms with E-state index in [9.17, 15) is 9.59 Å². The molecule has 2 amide bonds. The van der Waals surface area contributed by atoms with Crippen LogP contribution in [0.5, 0.6) is 0 Å². The number of rotatable bonds is 7. The Bertz CT molecular complexity index is 484. The molecule has 0 radical (unpaired) electrons. The highest BCUT2D eigenvalue weighted by Gasteiger charge is 2.24. The summed E-state index contributed by atoms with van der Waals surface area (Å²) >= 11 is 1.40. The van der Waals surface area contributed by atoms with Gasteiger partial charge in [-0.3, -0.25) is 9.59 Å². The van der Waals surface area contributed by atoms with E-state index in [0.717, 1.165) is 24.5 Å². The minimum absolute atomic E-state index is 0.0633. The van der Waals surface area contributed by atoms with Crippen LogP contribution in [0.3, 0.4) is 0 Å². The van der Waals surface area contributed by atoms with Crippen molar-refractivity contribution < 1.29 is 9.59 Å². The molecule has 110 valence electrons. The average Bonchev–Trinajstić information content (AvgIpc) is 3.10. The topological polar surface area (TPSA) is 67.2 Å². The standard InChI is InChI=1S/C13H20N4O2S/c1-3-17-7-6-14-13(17)20-9-12(19)16(2)8-11(18)15-10-4-5-10/h6-7,10H,3-5,8-9H2,1-2H3,(H,15,18). The number of nitrogens with zero attached hydrogens (tertiary/aromatic N) is 3. The van der Waals surface area contributed by atoms with Gasteiger partial charge in [-0.1, -0.05) is 11.8 Å². The first-order valence-corrected chi connectivity index (χ1v) is 7.76. The fourth-order valence-corrected chi connectivity index (χ4v) is 2.68. The Morgan fingerprint density at radius 3 is 2.95 bits per heavy atom. The summed E-state index contributed by atoms with van der Waals surface area (Å²) < 4.78 is 1.98. The van der Waals surface area contributed by atoms with Crippen molar-refractivity contribution in [2.45, 2.75) is 37.5 Å². The number of likely N-dealkylation sites (N-methyl/N-ethyl adjacent to an activating group) is 1. The zero-order valence-electron chi connectivity index (χ0n) is 11.8. The maximum Gasteiger partial charge on any atom is 0.239 e. The number of nitrogens with one attached hydrogen (secondary N) is 1. The molecule has 1 saturated carbocycles. The van der Waals surface area contributed by atoms with E-state index in [-0.39, 0.29) is 18.4 Å². The largest absolute Gasteiger partial charge is 0.352 e. The van der Waals surface area contributed by atoms with E-state index >= 15 is 0 Å². The van der Waals surface area contributed by atoms with Gasteiger partial charge in [0.2, 0.25) is 11.8 Å². The molecule has 1 aromatic rings. The molecule has 0 bridgehead atoms. The summed E-state index contributed by atoms with van der Waals surface area (Å²) in [5.41, 5.74) is 0. The lowest BCUT2D eigenvalue weighted by molar-refractivity contribution is -0.132. The third kappa shape index (κ3) is 4.26. The molecular formula is C13H20N4O2S. The molecule has 1 fully saturated rings. The van der Waals surface area contributed by atoms with Crippen LogP contribution in [-0.2, 0) is 16.1 Å². The molecule has 20 heavy (non-hydrogen) atoms. The molecule has 0 spiro atoms. The monoisotopic (exact) mass is 296 g/mol. The maximum atomic E-state index is 12.0. The minimum Gasteiger partial charge on any atom is -0.352 e. The molecule has 1 heterocycles. The van der Waals surface area contributed by atoms with Crippen molar-refractivity contribution in [1.29, 1.82) is 0 Å². The van der Waals surface area contributed by atoms with Gasteiger partial charge in [-0.15, -0.1) is 0 Å². The van der Waals surface area contributed by atoms with E-state index < -0.39 is 0 Å². The quantitative estimate of drug-likeness (QED) is 0.753. The summed E-state index contributed by atoms with van der Waals surface area (Å²) in [5, 5.41) is 3.70. The lowest BCUT2D eigenvalue weighted by atomic mass is 10.5. The second-order valence-corrected chi connectivity index (χ2v) is 5.82. The Hall–Kier alpha value is -1.50. The lowest BCUT2D eigenvalue weighted by Gasteiger charge is -2.16. The molecule has 1 aromatic heterocycles. The number of aromatic nitrogens is 2. The average molecular weight is 296 g/mol. The van der Waals surface area contributed by atoms with Gasteiger partial charge in [0.25, 0.3) is 0 Å². The second-order valence-electron chi connectivity index (χ2n) is 4.88. The fraction of sp³-hybridized carbons (Fsp3) is 0.615. The van der Waals surface area contributed by atoms with Gasteiger partial charge in [-0.2, -0.15) is 0 Å². The molecule has 1 N–H and O–H groups in total. The van der Waals surface area contributed by atoms with Gasteiger partial charge >= 0.3 is 0 Å². The van der Waals surface area contributed by atoms with E-state index in [0.29, 0.717) is 11.8 Å². The summed E-state index contributed by atoms with van der Waals surface area (Å²) in [5.74, 6) is 0.152. The third-order valence-electron chi connectivity index (χ3n) is 3.09. The van der Waals surface area contributed by atoms with Gasteiger partial charge in [0.1, 0.15) is 0 Å². The number of hydrogen-bond acceptors (Lipinski definition) is 4. The van der Waals surface area contributed by atoms with Crippen molar-refractivity contribution in [2.24, 2.45) is 0 Å². The van der Waals surface area contributed by atoms with Gasteiger partial charge in [0.05, 0.1) is 12.3 Å². The number of aryl methyl sites for hydroxylation is 1. The highest BCUT2D eigenvalue weighted by molar-refractivity contribution is 7.99. The molecule has 2 rings (SSSR count). The number of thioether (sulfide) groups is 1. The van der Waals surface area contributed by atoms with Crippen LogP contribution in [0.25, 0.3) is 0 Å².